The first-order valence-corrected chi connectivity index (χ1v) is 8.15. The van der Waals surface area contributed by atoms with Crippen molar-refractivity contribution in [2.75, 3.05) is 6.54 Å². The van der Waals surface area contributed by atoms with E-state index < -0.39 is 18.1 Å². The second-order valence-electron chi connectivity index (χ2n) is 5.47. The van der Waals surface area contributed by atoms with Crippen LogP contribution in [-0.2, 0) is 20.9 Å². The number of carboxylic acids is 1. The number of aliphatic carboxylic acids is 1. The van der Waals surface area contributed by atoms with Crippen LogP contribution in [-0.4, -0.2) is 40.4 Å². The quantitative estimate of drug-likeness (QED) is 0.842. The van der Waals surface area contributed by atoms with Crippen molar-refractivity contribution >= 4 is 17.8 Å². The van der Waals surface area contributed by atoms with Crippen LogP contribution < -0.4 is 0 Å². The van der Waals surface area contributed by atoms with Crippen molar-refractivity contribution in [1.29, 1.82) is 0 Å². The van der Waals surface area contributed by atoms with Crippen LogP contribution in [0.5, 0.6) is 0 Å². The number of nitrogens with zero attached hydrogens (tertiary/aromatic N) is 1. The maximum atomic E-state index is 11.8. The van der Waals surface area contributed by atoms with Crippen molar-refractivity contribution in [3.05, 3.63) is 48.0 Å². The highest BCUT2D eigenvalue weighted by atomic mass is 16.6. The van der Waals surface area contributed by atoms with Gasteiger partial charge in [0.05, 0.1) is 6.54 Å². The van der Waals surface area contributed by atoms with Gasteiger partial charge in [0.2, 0.25) is 0 Å². The molecule has 0 saturated carbocycles. The van der Waals surface area contributed by atoms with Crippen LogP contribution in [0.2, 0.25) is 0 Å². The maximum Gasteiger partial charge on any atom is 0.411 e. The van der Waals surface area contributed by atoms with Gasteiger partial charge in [0.25, 0.3) is 0 Å². The Morgan fingerprint density at radius 1 is 1.24 bits per heavy atom. The number of hydrogen-bond donors (Lipinski definition) is 1. The third kappa shape index (κ3) is 8.69. The molecule has 0 aliphatic carbocycles. The van der Waals surface area contributed by atoms with E-state index >= 15 is 0 Å². The van der Waals surface area contributed by atoms with Gasteiger partial charge in [-0.1, -0.05) is 49.8 Å². The Balaban J connectivity index is 0.000000845. The zero-order valence-electron chi connectivity index (χ0n) is 15.3. The van der Waals surface area contributed by atoms with Gasteiger partial charge in [-0.25, -0.2) is 9.59 Å². The molecule has 1 heterocycles. The lowest BCUT2D eigenvalue weighted by molar-refractivity contribution is -0.142. The van der Waals surface area contributed by atoms with Gasteiger partial charge in [0.15, 0.2) is 5.78 Å². The lowest BCUT2D eigenvalue weighted by Crippen LogP contribution is -2.40. The third-order valence-corrected chi connectivity index (χ3v) is 2.87. The van der Waals surface area contributed by atoms with Crippen LogP contribution in [0, 0.1) is 0 Å². The van der Waals surface area contributed by atoms with Gasteiger partial charge in [-0.2, -0.15) is 0 Å². The molecular formula is C19H27NO5. The summed E-state index contributed by atoms with van der Waals surface area (Å²) < 4.78 is 5.01. The number of carboxylic acid groups (broad SMARTS) is 1. The molecule has 0 bridgehead atoms. The summed E-state index contributed by atoms with van der Waals surface area (Å²) in [6, 6.07) is 7.92. The van der Waals surface area contributed by atoms with Crippen LogP contribution in [0.25, 0.3) is 0 Å². The Morgan fingerprint density at radius 2 is 1.76 bits per heavy atom. The fourth-order valence-electron chi connectivity index (χ4n) is 1.91. The first-order chi connectivity index (χ1) is 11.8. The third-order valence-electron chi connectivity index (χ3n) is 2.87. The van der Waals surface area contributed by atoms with E-state index in [2.05, 4.69) is 6.58 Å². The van der Waals surface area contributed by atoms with E-state index in [1.807, 2.05) is 45.9 Å². The molecule has 0 aromatic heterocycles. The van der Waals surface area contributed by atoms with Crippen molar-refractivity contribution in [2.45, 2.75) is 46.8 Å². The van der Waals surface area contributed by atoms with Crippen LogP contribution in [0.3, 0.4) is 0 Å². The van der Waals surface area contributed by atoms with Crippen molar-refractivity contribution in [1.82, 2.24) is 4.90 Å². The number of carbonyl (C=O) groups excluding carboxylic acids is 2. The summed E-state index contributed by atoms with van der Waals surface area (Å²) in [6.07, 6.45) is -0.933. The van der Waals surface area contributed by atoms with E-state index in [1.54, 1.807) is 12.1 Å². The van der Waals surface area contributed by atoms with E-state index in [0.29, 0.717) is 0 Å². The Hall–Kier alpha value is -2.63. The summed E-state index contributed by atoms with van der Waals surface area (Å²) >= 11 is 0. The smallest absolute Gasteiger partial charge is 0.411 e. The Kier molecular flexibility index (Phi) is 10.6. The molecule has 2 rings (SSSR count). The highest BCUT2D eigenvalue weighted by molar-refractivity contribution is 5.95. The first-order valence-electron chi connectivity index (χ1n) is 8.15. The number of carbonyl (C=O) groups is 3. The topological polar surface area (TPSA) is 83.9 Å². The Labute approximate surface area is 149 Å². The SMILES string of the molecule is C=C(C)C.CC.O=C1CC(C(=O)O)N(C(=O)OCc2ccccc2)C1. The number of hydrogen-bond acceptors (Lipinski definition) is 4. The van der Waals surface area contributed by atoms with Gasteiger partial charge in [0.1, 0.15) is 12.6 Å². The number of Topliss-reactive ketones (excluding diaryl/α,β-unsaturated/α-hetero) is 1. The highest BCUT2D eigenvalue weighted by Crippen LogP contribution is 2.16. The number of ether oxygens (including phenoxy) is 1. The molecule has 6 nitrogen and oxygen atoms in total. The molecule has 25 heavy (non-hydrogen) atoms. The average molecular weight is 349 g/mol. The minimum Gasteiger partial charge on any atom is -0.480 e. The summed E-state index contributed by atoms with van der Waals surface area (Å²) in [4.78, 5) is 34.9. The van der Waals surface area contributed by atoms with Crippen molar-refractivity contribution < 1.29 is 24.2 Å². The molecule has 1 fully saturated rings. The molecule has 1 aliphatic rings. The van der Waals surface area contributed by atoms with Crippen molar-refractivity contribution in [3.8, 4) is 0 Å². The van der Waals surface area contributed by atoms with E-state index in [0.717, 1.165) is 10.5 Å². The van der Waals surface area contributed by atoms with Gasteiger partial charge < -0.3 is 9.84 Å². The molecule has 138 valence electrons. The molecule has 6 heteroatoms. The molecule has 1 saturated heterocycles. The number of rotatable bonds is 3. The fraction of sp³-hybridized carbons (Fsp3) is 0.421. The molecule has 1 amide bonds. The number of benzene rings is 1. The maximum absolute atomic E-state index is 11.8. The van der Waals surface area contributed by atoms with Crippen LogP contribution in [0.1, 0.15) is 39.7 Å². The normalized spacial score (nSPS) is 15.3. The summed E-state index contributed by atoms with van der Waals surface area (Å²) in [5.74, 6) is -1.47. The summed E-state index contributed by atoms with van der Waals surface area (Å²) in [5.41, 5.74) is 1.97. The highest BCUT2D eigenvalue weighted by Gasteiger charge is 2.39. The van der Waals surface area contributed by atoms with E-state index in [-0.39, 0.29) is 25.4 Å². The zero-order valence-corrected chi connectivity index (χ0v) is 15.3. The van der Waals surface area contributed by atoms with Crippen molar-refractivity contribution in [3.63, 3.8) is 0 Å². The average Bonchev–Trinajstić information content (AvgIpc) is 2.97. The monoisotopic (exact) mass is 349 g/mol. The first kappa shape index (κ1) is 22.4. The summed E-state index contributed by atoms with van der Waals surface area (Å²) in [7, 11) is 0. The molecule has 0 spiro atoms. The second-order valence-corrected chi connectivity index (χ2v) is 5.47. The van der Waals surface area contributed by atoms with E-state index in [1.165, 1.54) is 5.57 Å². The largest absolute Gasteiger partial charge is 0.480 e. The van der Waals surface area contributed by atoms with Gasteiger partial charge in [-0.15, -0.1) is 6.58 Å². The van der Waals surface area contributed by atoms with Gasteiger partial charge in [-0.3, -0.25) is 9.69 Å². The fourth-order valence-corrected chi connectivity index (χ4v) is 1.91. The summed E-state index contributed by atoms with van der Waals surface area (Å²) in [6.45, 7) is 11.3. The van der Waals surface area contributed by atoms with Gasteiger partial charge >= 0.3 is 12.1 Å². The number of likely N-dealkylation sites (tertiary alicyclic amines) is 1. The molecule has 0 radical (unpaired) electrons. The molecule has 1 atom stereocenters. The minimum absolute atomic E-state index is 0.0523. The van der Waals surface area contributed by atoms with Crippen LogP contribution >= 0.6 is 0 Å². The molecule has 1 N–H and O–H groups in total. The summed E-state index contributed by atoms with van der Waals surface area (Å²) in [5, 5.41) is 8.93. The molecule has 1 aromatic rings. The van der Waals surface area contributed by atoms with Gasteiger partial charge in [-0.05, 0) is 19.4 Å². The molecule has 1 aromatic carbocycles. The molecular weight excluding hydrogens is 322 g/mol. The van der Waals surface area contributed by atoms with Crippen LogP contribution in [0.4, 0.5) is 4.79 Å². The molecule has 1 unspecified atom stereocenters. The minimum atomic E-state index is -1.19. The van der Waals surface area contributed by atoms with Crippen LogP contribution in [0.15, 0.2) is 42.5 Å². The van der Waals surface area contributed by atoms with E-state index in [9.17, 15) is 14.4 Å². The predicted octanol–water partition coefficient (Wildman–Crippen LogP) is 3.66. The van der Waals surface area contributed by atoms with Gasteiger partial charge in [0, 0.05) is 6.42 Å². The molecule has 1 aliphatic heterocycles. The van der Waals surface area contributed by atoms with E-state index in [4.69, 9.17) is 9.84 Å². The number of allylic oxidation sites excluding steroid dienone is 1. The number of ketones is 1. The number of amides is 1. The van der Waals surface area contributed by atoms with Crippen molar-refractivity contribution in [2.24, 2.45) is 0 Å². The Morgan fingerprint density at radius 3 is 2.24 bits per heavy atom. The standard InChI is InChI=1S/C13H13NO5.C4H8.C2H6/c15-10-6-11(12(16)17)14(7-10)13(18)19-8-9-4-2-1-3-5-9;1-4(2)3;1-2/h1-5,11H,6-8H2,(H,16,17);1H2,2-3H3;1-2H3. The second kappa shape index (κ2) is 11.8. The Bertz CT molecular complexity index is 579. The predicted molar refractivity (Wildman–Crippen MR) is 96.2 cm³/mol. The lowest BCUT2D eigenvalue weighted by atomic mass is 10.2. The lowest BCUT2D eigenvalue weighted by Gasteiger charge is -2.19. The zero-order chi connectivity index (χ0) is 19.4.